The fraction of sp³-hybridized carbons (Fsp3) is 0.500. The molecule has 1 rings (SSSR count). The van der Waals surface area contributed by atoms with Crippen LogP contribution in [0.15, 0.2) is 24.3 Å². The normalized spacial score (nSPS) is 13.2. The predicted molar refractivity (Wildman–Crippen MR) is 73.2 cm³/mol. The van der Waals surface area contributed by atoms with E-state index in [4.69, 9.17) is 5.73 Å². The molecule has 100 valence electrons. The monoisotopic (exact) mass is 250 g/mol. The summed E-state index contributed by atoms with van der Waals surface area (Å²) in [4.78, 5) is 13.8. The second kappa shape index (κ2) is 5.40. The van der Waals surface area contributed by atoms with E-state index in [0.717, 1.165) is 5.56 Å². The molecule has 1 amide bonds. The molecule has 1 aromatic carbocycles. The van der Waals surface area contributed by atoms with Crippen LogP contribution in [-0.4, -0.2) is 35.1 Å². The van der Waals surface area contributed by atoms with Gasteiger partial charge >= 0.3 is 0 Å². The zero-order valence-corrected chi connectivity index (χ0v) is 11.5. The standard InChI is InChI=1S/C14H22N2O2/c1-10(11-6-5-7-12(15)8-11)13(17)16(4)9-14(2,3)18/h5-8,10,18H,9,15H2,1-4H3. The van der Waals surface area contributed by atoms with E-state index in [1.807, 2.05) is 19.1 Å². The van der Waals surface area contributed by atoms with Crippen LogP contribution in [0.5, 0.6) is 0 Å². The lowest BCUT2D eigenvalue weighted by molar-refractivity contribution is -0.133. The number of hydrogen-bond acceptors (Lipinski definition) is 3. The molecule has 4 heteroatoms. The Labute approximate surface area is 108 Å². The number of anilines is 1. The second-order valence-corrected chi connectivity index (χ2v) is 5.40. The van der Waals surface area contributed by atoms with Crippen molar-refractivity contribution in [1.29, 1.82) is 0 Å². The molecular formula is C14H22N2O2. The Morgan fingerprint density at radius 1 is 1.50 bits per heavy atom. The van der Waals surface area contributed by atoms with E-state index < -0.39 is 5.60 Å². The van der Waals surface area contributed by atoms with Crippen molar-refractivity contribution < 1.29 is 9.90 Å². The quantitative estimate of drug-likeness (QED) is 0.798. The number of hydrogen-bond donors (Lipinski definition) is 2. The summed E-state index contributed by atoms with van der Waals surface area (Å²) in [5.74, 6) is -0.288. The Morgan fingerprint density at radius 3 is 2.61 bits per heavy atom. The Hall–Kier alpha value is -1.55. The molecular weight excluding hydrogens is 228 g/mol. The van der Waals surface area contributed by atoms with Gasteiger partial charge in [-0.05, 0) is 38.5 Å². The van der Waals surface area contributed by atoms with Crippen molar-refractivity contribution in [2.45, 2.75) is 32.3 Å². The molecule has 0 aromatic heterocycles. The lowest BCUT2D eigenvalue weighted by atomic mass is 9.98. The zero-order chi connectivity index (χ0) is 13.9. The van der Waals surface area contributed by atoms with Gasteiger partial charge in [-0.1, -0.05) is 12.1 Å². The number of carbonyl (C=O) groups excluding carboxylic acids is 1. The maximum Gasteiger partial charge on any atom is 0.229 e. The van der Waals surface area contributed by atoms with Crippen molar-refractivity contribution in [3.05, 3.63) is 29.8 Å². The molecule has 3 N–H and O–H groups in total. The smallest absolute Gasteiger partial charge is 0.229 e. The highest BCUT2D eigenvalue weighted by Crippen LogP contribution is 2.20. The average Bonchev–Trinajstić information content (AvgIpc) is 2.24. The van der Waals surface area contributed by atoms with Gasteiger partial charge in [-0.2, -0.15) is 0 Å². The van der Waals surface area contributed by atoms with E-state index in [9.17, 15) is 9.90 Å². The minimum absolute atomic E-state index is 0.0253. The maximum absolute atomic E-state index is 12.2. The molecule has 0 heterocycles. The molecule has 1 atom stereocenters. The molecule has 18 heavy (non-hydrogen) atoms. The molecule has 1 unspecified atom stereocenters. The van der Waals surface area contributed by atoms with Crippen LogP contribution in [0, 0.1) is 0 Å². The van der Waals surface area contributed by atoms with Gasteiger partial charge in [0.05, 0.1) is 11.5 Å². The summed E-state index contributed by atoms with van der Waals surface area (Å²) >= 11 is 0. The Balaban J connectivity index is 2.78. The largest absolute Gasteiger partial charge is 0.399 e. The molecule has 0 aliphatic rings. The van der Waals surface area contributed by atoms with Crippen LogP contribution < -0.4 is 5.73 Å². The first-order chi connectivity index (χ1) is 8.20. The van der Waals surface area contributed by atoms with E-state index in [1.54, 1.807) is 37.9 Å². The number of nitrogen functional groups attached to an aromatic ring is 1. The molecule has 1 aromatic rings. The van der Waals surface area contributed by atoms with E-state index >= 15 is 0 Å². The summed E-state index contributed by atoms with van der Waals surface area (Å²) in [6.07, 6.45) is 0. The minimum Gasteiger partial charge on any atom is -0.399 e. The number of benzene rings is 1. The molecule has 0 radical (unpaired) electrons. The SMILES string of the molecule is CC(C(=O)N(C)CC(C)(C)O)c1cccc(N)c1. The van der Waals surface area contributed by atoms with E-state index in [0.29, 0.717) is 12.2 Å². The van der Waals surface area contributed by atoms with E-state index in [2.05, 4.69) is 0 Å². The van der Waals surface area contributed by atoms with Crippen LogP contribution in [0.4, 0.5) is 5.69 Å². The fourth-order valence-electron chi connectivity index (χ4n) is 1.96. The first-order valence-corrected chi connectivity index (χ1v) is 6.03. The summed E-state index contributed by atoms with van der Waals surface area (Å²) < 4.78 is 0. The number of amides is 1. The predicted octanol–water partition coefficient (Wildman–Crippen LogP) is 1.60. The van der Waals surface area contributed by atoms with Crippen LogP contribution in [0.2, 0.25) is 0 Å². The van der Waals surface area contributed by atoms with Crippen LogP contribution in [0.3, 0.4) is 0 Å². The van der Waals surface area contributed by atoms with Gasteiger partial charge in [0, 0.05) is 19.3 Å². The molecule has 0 bridgehead atoms. The van der Waals surface area contributed by atoms with Crippen molar-refractivity contribution in [2.75, 3.05) is 19.3 Å². The minimum atomic E-state index is -0.889. The lowest BCUT2D eigenvalue weighted by Crippen LogP contribution is -2.41. The van der Waals surface area contributed by atoms with Crippen molar-refractivity contribution in [1.82, 2.24) is 4.90 Å². The van der Waals surface area contributed by atoms with Gasteiger partial charge in [0.15, 0.2) is 0 Å². The number of carbonyl (C=O) groups is 1. The highest BCUT2D eigenvalue weighted by molar-refractivity contribution is 5.83. The Bertz CT molecular complexity index is 424. The summed E-state index contributed by atoms with van der Waals surface area (Å²) in [6, 6.07) is 7.32. The molecule has 0 spiro atoms. The number of nitrogens with zero attached hydrogens (tertiary/aromatic N) is 1. The topological polar surface area (TPSA) is 66.6 Å². The number of nitrogens with two attached hydrogens (primary N) is 1. The second-order valence-electron chi connectivity index (χ2n) is 5.40. The van der Waals surface area contributed by atoms with Crippen LogP contribution >= 0.6 is 0 Å². The summed E-state index contributed by atoms with van der Waals surface area (Å²) in [5.41, 5.74) is 6.36. The summed E-state index contributed by atoms with van der Waals surface area (Å²) in [7, 11) is 1.70. The van der Waals surface area contributed by atoms with E-state index in [1.165, 1.54) is 0 Å². The first-order valence-electron chi connectivity index (χ1n) is 6.03. The molecule has 4 nitrogen and oxygen atoms in total. The third-order valence-corrected chi connectivity index (χ3v) is 2.78. The van der Waals surface area contributed by atoms with Gasteiger partial charge in [-0.15, -0.1) is 0 Å². The lowest BCUT2D eigenvalue weighted by Gasteiger charge is -2.28. The molecule has 0 saturated heterocycles. The fourth-order valence-corrected chi connectivity index (χ4v) is 1.96. The highest BCUT2D eigenvalue weighted by Gasteiger charge is 2.24. The van der Waals surface area contributed by atoms with Crippen LogP contribution in [0.1, 0.15) is 32.3 Å². The number of likely N-dealkylation sites (N-methyl/N-ethyl adjacent to an activating group) is 1. The molecule has 0 saturated carbocycles. The average molecular weight is 250 g/mol. The van der Waals surface area contributed by atoms with Crippen molar-refractivity contribution in [3.8, 4) is 0 Å². The highest BCUT2D eigenvalue weighted by atomic mass is 16.3. The van der Waals surface area contributed by atoms with Crippen molar-refractivity contribution in [3.63, 3.8) is 0 Å². The van der Waals surface area contributed by atoms with Gasteiger partial charge in [-0.3, -0.25) is 4.79 Å². The third-order valence-electron chi connectivity index (χ3n) is 2.78. The van der Waals surface area contributed by atoms with Gasteiger partial charge in [0.2, 0.25) is 5.91 Å². The Kier molecular flexibility index (Phi) is 4.35. The van der Waals surface area contributed by atoms with Gasteiger partial charge in [-0.25, -0.2) is 0 Å². The number of aliphatic hydroxyl groups is 1. The Morgan fingerprint density at radius 2 is 2.11 bits per heavy atom. The van der Waals surface area contributed by atoms with E-state index in [-0.39, 0.29) is 11.8 Å². The first kappa shape index (κ1) is 14.5. The number of rotatable bonds is 4. The summed E-state index contributed by atoms with van der Waals surface area (Å²) in [6.45, 7) is 5.51. The summed E-state index contributed by atoms with van der Waals surface area (Å²) in [5, 5.41) is 9.72. The van der Waals surface area contributed by atoms with Crippen molar-refractivity contribution in [2.24, 2.45) is 0 Å². The van der Waals surface area contributed by atoms with Crippen molar-refractivity contribution >= 4 is 11.6 Å². The third kappa shape index (κ3) is 4.04. The molecule has 0 fully saturated rings. The van der Waals surface area contributed by atoms with Crippen LogP contribution in [-0.2, 0) is 4.79 Å². The molecule has 0 aliphatic heterocycles. The zero-order valence-electron chi connectivity index (χ0n) is 11.5. The van der Waals surface area contributed by atoms with Crippen LogP contribution in [0.25, 0.3) is 0 Å². The van der Waals surface area contributed by atoms with Gasteiger partial charge < -0.3 is 15.7 Å². The van der Waals surface area contributed by atoms with Gasteiger partial charge in [0.1, 0.15) is 0 Å². The molecule has 0 aliphatic carbocycles. The van der Waals surface area contributed by atoms with Gasteiger partial charge in [0.25, 0.3) is 0 Å². The maximum atomic E-state index is 12.2.